The molecule has 0 aliphatic heterocycles. The first-order valence-electron chi connectivity index (χ1n) is 8.25. The Kier molecular flexibility index (Phi) is 5.58. The zero-order valence-electron chi connectivity index (χ0n) is 15.7. The maximum absolute atomic E-state index is 12.7. The second-order valence-electron chi connectivity index (χ2n) is 6.32. The molecule has 0 unspecified atom stereocenters. The Bertz CT molecular complexity index is 957. The molecule has 0 saturated heterocycles. The monoisotopic (exact) mass is 372 g/mol. The number of ketones is 2. The van der Waals surface area contributed by atoms with Crippen LogP contribution in [0, 0.1) is 30.9 Å². The fourth-order valence-corrected chi connectivity index (χ4v) is 3.07. The van der Waals surface area contributed by atoms with Crippen molar-refractivity contribution in [1.82, 2.24) is 4.98 Å². The number of Topliss-reactive ketones (excluding diaryl/α,β-unsaturated/α-hetero) is 2. The Labute approximate surface area is 155 Å². The predicted octanol–water partition coefficient (Wildman–Crippen LogP) is 3.48. The number of aryl methyl sites for hydroxylation is 2. The largest absolute Gasteiger partial charge is 0.450 e. The minimum atomic E-state index is -1.19. The van der Waals surface area contributed by atoms with Gasteiger partial charge in [0.1, 0.15) is 5.56 Å². The van der Waals surface area contributed by atoms with E-state index in [-0.39, 0.29) is 22.7 Å². The first kappa shape index (κ1) is 20.0. The molecule has 0 radical (unpaired) electrons. The molecule has 142 valence electrons. The third-order valence-corrected chi connectivity index (χ3v) is 4.34. The molecule has 2 aromatic rings. The van der Waals surface area contributed by atoms with Crippen LogP contribution >= 0.6 is 0 Å². The number of nitrogens with one attached hydrogen (secondary N) is 1. The predicted molar refractivity (Wildman–Crippen MR) is 97.3 cm³/mol. The highest BCUT2D eigenvalue weighted by molar-refractivity contribution is 6.06. The summed E-state index contributed by atoms with van der Waals surface area (Å²) in [5.74, 6) is -1.65. The molecule has 8 nitrogen and oxygen atoms in total. The average Bonchev–Trinajstić information content (AvgIpc) is 2.87. The first-order valence-corrected chi connectivity index (χ1v) is 8.25. The molecule has 0 amide bonds. The number of H-pyrrole nitrogens is 1. The lowest BCUT2D eigenvalue weighted by molar-refractivity contribution is -0.385. The van der Waals surface area contributed by atoms with Crippen molar-refractivity contribution in [2.24, 2.45) is 0 Å². The Balaban J connectivity index is 2.31. The molecule has 8 heteroatoms. The number of carbonyl (C=O) groups is 3. The number of aromatic amines is 1. The van der Waals surface area contributed by atoms with Crippen LogP contribution in [0.2, 0.25) is 0 Å². The molecule has 0 bridgehead atoms. The summed E-state index contributed by atoms with van der Waals surface area (Å²) < 4.78 is 5.19. The summed E-state index contributed by atoms with van der Waals surface area (Å²) in [6, 6.07) is 4.22. The molecule has 0 saturated carbocycles. The number of benzene rings is 1. The number of hydrogen-bond donors (Lipinski definition) is 1. The van der Waals surface area contributed by atoms with E-state index in [9.17, 15) is 24.5 Å². The van der Waals surface area contributed by atoms with Gasteiger partial charge in [-0.3, -0.25) is 19.7 Å². The van der Waals surface area contributed by atoms with Gasteiger partial charge in [0.2, 0.25) is 5.78 Å². The zero-order valence-corrected chi connectivity index (χ0v) is 15.7. The number of nitro groups is 1. The molecule has 0 fully saturated rings. The number of hydrogen-bond acceptors (Lipinski definition) is 6. The fourth-order valence-electron chi connectivity index (χ4n) is 3.07. The first-order chi connectivity index (χ1) is 12.6. The summed E-state index contributed by atoms with van der Waals surface area (Å²) in [4.78, 5) is 50.2. The summed E-state index contributed by atoms with van der Waals surface area (Å²) in [7, 11) is 0. The van der Waals surface area contributed by atoms with E-state index in [2.05, 4.69) is 4.98 Å². The topological polar surface area (TPSA) is 119 Å². The summed E-state index contributed by atoms with van der Waals surface area (Å²) in [6.45, 7) is 7.64. The van der Waals surface area contributed by atoms with Crippen LogP contribution in [0.25, 0.3) is 0 Å². The van der Waals surface area contributed by atoms with Crippen LogP contribution in [0.4, 0.5) is 5.69 Å². The van der Waals surface area contributed by atoms with Gasteiger partial charge in [-0.2, -0.15) is 0 Å². The van der Waals surface area contributed by atoms with E-state index >= 15 is 0 Å². The van der Waals surface area contributed by atoms with Gasteiger partial charge in [0, 0.05) is 17.3 Å². The lowest BCUT2D eigenvalue weighted by atomic mass is 10.0. The van der Waals surface area contributed by atoms with Crippen molar-refractivity contribution in [3.8, 4) is 0 Å². The lowest BCUT2D eigenvalue weighted by Gasteiger charge is -2.13. The van der Waals surface area contributed by atoms with Crippen LogP contribution in [0.1, 0.15) is 61.9 Å². The minimum Gasteiger partial charge on any atom is -0.450 e. The van der Waals surface area contributed by atoms with Crippen LogP contribution in [0.15, 0.2) is 18.2 Å². The molecule has 2 rings (SSSR count). The second kappa shape index (κ2) is 7.53. The fraction of sp³-hybridized carbons (Fsp3) is 0.316. The van der Waals surface area contributed by atoms with Gasteiger partial charge in [-0.05, 0) is 45.7 Å². The molecule has 0 aliphatic rings. The van der Waals surface area contributed by atoms with E-state index < -0.39 is 22.8 Å². The summed E-state index contributed by atoms with van der Waals surface area (Å²) in [5.41, 5.74) is 1.44. The number of nitrogens with zero attached hydrogens (tertiary/aromatic N) is 1. The van der Waals surface area contributed by atoms with E-state index in [4.69, 9.17) is 4.74 Å². The van der Waals surface area contributed by atoms with Gasteiger partial charge in [-0.15, -0.1) is 0 Å². The van der Waals surface area contributed by atoms with Crippen molar-refractivity contribution < 1.29 is 24.0 Å². The van der Waals surface area contributed by atoms with Crippen molar-refractivity contribution in [3.05, 3.63) is 62.0 Å². The molecule has 1 atom stereocenters. The smallest absolute Gasteiger partial charge is 0.346 e. The van der Waals surface area contributed by atoms with Crippen molar-refractivity contribution in [3.63, 3.8) is 0 Å². The molecule has 0 aliphatic carbocycles. The summed E-state index contributed by atoms with van der Waals surface area (Å²) in [5, 5.41) is 11.2. The number of carbonyl (C=O) groups excluding carboxylic acids is 3. The number of aromatic nitrogens is 1. The molecule has 1 aromatic heterocycles. The van der Waals surface area contributed by atoms with Gasteiger partial charge in [-0.1, -0.05) is 12.1 Å². The molecule has 0 spiro atoms. The van der Waals surface area contributed by atoms with Crippen LogP contribution in [0.3, 0.4) is 0 Å². The standard InChI is InChI=1S/C19H20N2O6/c1-9-7-6-8-14(21(25)26)15(9)19(24)27-13(5)18(23)17-10(2)16(12(4)22)11(3)20-17/h6-8,13,20H,1-5H3/t13-/m1/s1. The Morgan fingerprint density at radius 3 is 2.30 bits per heavy atom. The quantitative estimate of drug-likeness (QED) is 0.359. The highest BCUT2D eigenvalue weighted by atomic mass is 16.6. The minimum absolute atomic E-state index is 0.178. The lowest BCUT2D eigenvalue weighted by Crippen LogP contribution is -2.26. The Hall–Kier alpha value is -3.29. The SMILES string of the molecule is CC(=O)c1c(C)[nH]c(C(=O)[C@@H](C)OC(=O)c2c(C)cccc2[N+](=O)[O-])c1C. The number of ether oxygens (including phenoxy) is 1. The van der Waals surface area contributed by atoms with Crippen molar-refractivity contribution in [2.75, 3.05) is 0 Å². The number of nitro benzene ring substituents is 1. The van der Waals surface area contributed by atoms with E-state index in [0.717, 1.165) is 0 Å². The van der Waals surface area contributed by atoms with Crippen LogP contribution in [0.5, 0.6) is 0 Å². The normalized spacial score (nSPS) is 11.7. The molecular formula is C19H20N2O6. The maximum Gasteiger partial charge on any atom is 0.346 e. The van der Waals surface area contributed by atoms with Crippen LogP contribution in [-0.2, 0) is 4.74 Å². The number of esters is 1. The van der Waals surface area contributed by atoms with E-state index in [1.54, 1.807) is 26.8 Å². The van der Waals surface area contributed by atoms with E-state index in [1.807, 2.05) is 0 Å². The van der Waals surface area contributed by atoms with E-state index in [0.29, 0.717) is 22.4 Å². The van der Waals surface area contributed by atoms with Crippen molar-refractivity contribution in [1.29, 1.82) is 0 Å². The van der Waals surface area contributed by atoms with Crippen LogP contribution < -0.4 is 0 Å². The Morgan fingerprint density at radius 1 is 1.15 bits per heavy atom. The third kappa shape index (κ3) is 3.79. The second-order valence-corrected chi connectivity index (χ2v) is 6.32. The van der Waals surface area contributed by atoms with Gasteiger partial charge in [-0.25, -0.2) is 4.79 Å². The van der Waals surface area contributed by atoms with Crippen molar-refractivity contribution >= 4 is 23.2 Å². The average molecular weight is 372 g/mol. The molecule has 1 N–H and O–H groups in total. The molecule has 27 heavy (non-hydrogen) atoms. The Morgan fingerprint density at radius 2 is 1.78 bits per heavy atom. The van der Waals surface area contributed by atoms with Gasteiger partial charge in [0.05, 0.1) is 10.6 Å². The van der Waals surface area contributed by atoms with Gasteiger partial charge in [0.25, 0.3) is 5.69 Å². The highest BCUT2D eigenvalue weighted by Gasteiger charge is 2.29. The van der Waals surface area contributed by atoms with Gasteiger partial charge < -0.3 is 9.72 Å². The van der Waals surface area contributed by atoms with E-state index in [1.165, 1.54) is 26.0 Å². The van der Waals surface area contributed by atoms with Gasteiger partial charge in [0.15, 0.2) is 11.9 Å². The van der Waals surface area contributed by atoms with Crippen LogP contribution in [-0.4, -0.2) is 33.5 Å². The summed E-state index contributed by atoms with van der Waals surface area (Å²) >= 11 is 0. The third-order valence-electron chi connectivity index (χ3n) is 4.34. The molecule has 1 heterocycles. The molecule has 1 aromatic carbocycles. The van der Waals surface area contributed by atoms with Crippen molar-refractivity contribution in [2.45, 2.75) is 40.7 Å². The highest BCUT2D eigenvalue weighted by Crippen LogP contribution is 2.24. The zero-order chi connectivity index (χ0) is 20.5. The van der Waals surface area contributed by atoms with Gasteiger partial charge >= 0.3 is 5.97 Å². The summed E-state index contributed by atoms with van der Waals surface area (Å²) in [6.07, 6.45) is -1.19. The molecular weight excluding hydrogens is 352 g/mol. The maximum atomic E-state index is 12.7. The number of rotatable bonds is 6.